The molecule has 42 heavy (non-hydrogen) atoms. The van der Waals surface area contributed by atoms with Crippen molar-refractivity contribution in [2.24, 2.45) is 0 Å². The molecular weight excluding hydrogens is 903 g/mol. The Morgan fingerprint density at radius 3 is 0.952 bits per heavy atom. The van der Waals surface area contributed by atoms with Gasteiger partial charge in [-0.1, -0.05) is 0 Å². The molecule has 0 spiro atoms. The third-order valence-corrected chi connectivity index (χ3v) is 8.64. The Hall–Kier alpha value is -0.540. The minimum atomic E-state index is -1.38. The van der Waals surface area contributed by atoms with Gasteiger partial charge in [0, 0.05) is 21.3 Å². The van der Waals surface area contributed by atoms with E-state index in [0.29, 0.717) is 0 Å². The number of benzene rings is 1. The van der Waals surface area contributed by atoms with Crippen molar-refractivity contribution in [1.82, 2.24) is 0 Å². The number of aliphatic hydroxyl groups is 6. The first kappa shape index (κ1) is 39.5. The van der Waals surface area contributed by atoms with Gasteiger partial charge in [0.05, 0.1) is 85.5 Å². The number of aliphatic hydroxyl groups excluding tert-OH is 6. The zero-order valence-corrected chi connectivity index (χ0v) is 29.7. The van der Waals surface area contributed by atoms with Crippen LogP contribution in [0.2, 0.25) is 0 Å². The summed E-state index contributed by atoms with van der Waals surface area (Å²) in [5, 5.41) is 59.7. The number of hydrogen-bond donors (Lipinski definition) is 6. The van der Waals surface area contributed by atoms with E-state index in [1.54, 1.807) is 0 Å². The van der Waals surface area contributed by atoms with E-state index in [9.17, 15) is 45.0 Å². The first-order valence-electron chi connectivity index (χ1n) is 12.3. The van der Waals surface area contributed by atoms with Crippen LogP contribution >= 0.6 is 67.8 Å². The lowest BCUT2D eigenvalue weighted by Crippen LogP contribution is -2.45. The quantitative estimate of drug-likeness (QED) is 0.0931. The topological polar surface area (TPSA) is 210 Å². The number of rotatable bonds is 18. The van der Waals surface area contributed by atoms with Gasteiger partial charge in [0.15, 0.2) is 0 Å². The predicted molar refractivity (Wildman–Crippen MR) is 177 cm³/mol. The van der Waals surface area contributed by atoms with Gasteiger partial charge in [-0.05, 0) is 67.8 Å². The van der Waals surface area contributed by atoms with Crippen LogP contribution in [0.15, 0.2) is 0 Å². The van der Waals surface area contributed by atoms with Crippen LogP contribution in [0.4, 0.5) is 17.1 Å². The standard InChI is InChI=1S/C24H36I3N3O12/c1-40-10-16(37)28(4-13(34)7-31)22-19(25)23(29(5-14(35)8-32)17(38)11-41-2)21(27)24(20(22)26)30(6-15(36)9-33)18(39)12-42-3/h13-15,31-36H,4-12H2,1-3H3. The molecule has 3 amide bonds. The highest BCUT2D eigenvalue weighted by molar-refractivity contribution is 14.1. The van der Waals surface area contributed by atoms with E-state index in [4.69, 9.17) is 14.2 Å². The molecule has 0 fully saturated rings. The second-order valence-corrected chi connectivity index (χ2v) is 12.0. The summed E-state index contributed by atoms with van der Waals surface area (Å²) in [5.74, 6) is -1.89. The van der Waals surface area contributed by atoms with E-state index in [1.165, 1.54) is 21.3 Å². The molecule has 0 radical (unpaired) electrons. The van der Waals surface area contributed by atoms with Crippen molar-refractivity contribution in [3.05, 3.63) is 10.7 Å². The van der Waals surface area contributed by atoms with E-state index in [2.05, 4.69) is 0 Å². The van der Waals surface area contributed by atoms with Gasteiger partial charge >= 0.3 is 0 Å². The van der Waals surface area contributed by atoms with Crippen molar-refractivity contribution in [2.75, 3.05) is 95.3 Å². The number of methoxy groups -OCH3 is 3. The molecule has 1 aromatic carbocycles. The van der Waals surface area contributed by atoms with Gasteiger partial charge in [0.1, 0.15) is 19.8 Å². The van der Waals surface area contributed by atoms with E-state index >= 15 is 0 Å². The van der Waals surface area contributed by atoms with Crippen molar-refractivity contribution >= 4 is 103 Å². The number of nitrogens with zero attached hydrogens (tertiary/aromatic N) is 3. The number of amides is 3. The molecule has 0 saturated heterocycles. The van der Waals surface area contributed by atoms with Crippen LogP contribution in [0.1, 0.15) is 0 Å². The lowest BCUT2D eigenvalue weighted by Gasteiger charge is -2.35. The molecule has 0 aromatic heterocycles. The Bertz CT molecular complexity index is 918. The summed E-state index contributed by atoms with van der Waals surface area (Å²) in [4.78, 5) is 43.4. The van der Waals surface area contributed by atoms with Crippen LogP contribution in [0.3, 0.4) is 0 Å². The summed E-state index contributed by atoms with van der Waals surface area (Å²) < 4.78 is 15.9. The number of anilines is 3. The Balaban J connectivity index is 4.34. The van der Waals surface area contributed by atoms with E-state index in [0.717, 1.165) is 14.7 Å². The molecule has 0 saturated carbocycles. The molecule has 240 valence electrons. The predicted octanol–water partition coefficient (Wildman–Crippen LogP) is -1.50. The smallest absolute Gasteiger partial charge is 0.253 e. The Morgan fingerprint density at radius 2 is 0.786 bits per heavy atom. The second-order valence-electron chi connectivity index (χ2n) is 8.81. The van der Waals surface area contributed by atoms with E-state index in [-0.39, 0.29) is 27.8 Å². The molecule has 6 N–H and O–H groups in total. The van der Waals surface area contributed by atoms with Crippen LogP contribution in [0, 0.1) is 10.7 Å². The third-order valence-electron chi connectivity index (χ3n) is 5.58. The van der Waals surface area contributed by atoms with E-state index < -0.39 is 95.3 Å². The molecule has 15 nitrogen and oxygen atoms in total. The number of hydrogen-bond acceptors (Lipinski definition) is 12. The molecule has 3 atom stereocenters. The Labute approximate surface area is 284 Å². The first-order valence-corrected chi connectivity index (χ1v) is 15.5. The lowest BCUT2D eigenvalue weighted by molar-refractivity contribution is -0.123. The fourth-order valence-electron chi connectivity index (χ4n) is 3.70. The summed E-state index contributed by atoms with van der Waals surface area (Å²) >= 11 is 5.66. The van der Waals surface area contributed by atoms with Gasteiger partial charge in [-0.25, -0.2) is 0 Å². The maximum absolute atomic E-state index is 13.3. The zero-order valence-electron chi connectivity index (χ0n) is 23.2. The summed E-state index contributed by atoms with van der Waals surface area (Å²) in [6.07, 6.45) is -4.14. The van der Waals surface area contributed by atoms with Gasteiger partial charge in [-0.15, -0.1) is 0 Å². The van der Waals surface area contributed by atoms with E-state index in [1.807, 2.05) is 67.8 Å². The van der Waals surface area contributed by atoms with Crippen molar-refractivity contribution in [2.45, 2.75) is 18.3 Å². The Kier molecular flexibility index (Phi) is 18.6. The molecule has 0 aliphatic heterocycles. The van der Waals surface area contributed by atoms with Gasteiger partial charge in [0.2, 0.25) is 0 Å². The summed E-state index contributed by atoms with van der Waals surface area (Å²) in [6, 6.07) is 0. The van der Waals surface area contributed by atoms with Crippen LogP contribution < -0.4 is 14.7 Å². The average molecular weight is 939 g/mol. The molecule has 0 bridgehead atoms. The Morgan fingerprint density at radius 1 is 0.571 bits per heavy atom. The SMILES string of the molecule is COCC(=O)N(CC(O)CO)c1c(I)c(N(CC(O)CO)C(=O)COC)c(I)c(N(CC(O)CO)C(=O)COC)c1I. The maximum Gasteiger partial charge on any atom is 0.253 e. The minimum Gasteiger partial charge on any atom is -0.394 e. The summed E-state index contributed by atoms with van der Waals surface area (Å²) in [6.45, 7) is -4.53. The van der Waals surface area contributed by atoms with Gasteiger partial charge in [-0.2, -0.15) is 0 Å². The molecule has 0 aliphatic carbocycles. The number of carbonyl (C=O) groups is 3. The van der Waals surface area contributed by atoms with Crippen LogP contribution in [-0.2, 0) is 28.6 Å². The molecular formula is C24H36I3N3O12. The average Bonchev–Trinajstić information content (AvgIpc) is 2.95. The third kappa shape index (κ3) is 10.5. The van der Waals surface area contributed by atoms with Crippen molar-refractivity contribution in [1.29, 1.82) is 0 Å². The number of halogens is 3. The van der Waals surface area contributed by atoms with Crippen molar-refractivity contribution in [3.8, 4) is 0 Å². The van der Waals surface area contributed by atoms with Crippen LogP contribution in [-0.4, -0.2) is 147 Å². The summed E-state index contributed by atoms with van der Waals surface area (Å²) in [5.41, 5.74) is 0.371. The monoisotopic (exact) mass is 939 g/mol. The fourth-order valence-corrected chi connectivity index (χ4v) is 8.61. The normalized spacial score (nSPS) is 13.4. The second kappa shape index (κ2) is 19.8. The zero-order chi connectivity index (χ0) is 32.1. The first-order chi connectivity index (χ1) is 19.8. The van der Waals surface area contributed by atoms with Gasteiger partial charge < -0.3 is 59.5 Å². The van der Waals surface area contributed by atoms with Gasteiger partial charge in [0.25, 0.3) is 17.7 Å². The van der Waals surface area contributed by atoms with Crippen LogP contribution in [0.25, 0.3) is 0 Å². The largest absolute Gasteiger partial charge is 0.394 e. The highest BCUT2D eigenvalue weighted by Crippen LogP contribution is 2.47. The molecule has 0 heterocycles. The van der Waals surface area contributed by atoms with Gasteiger partial charge in [-0.3, -0.25) is 14.4 Å². The van der Waals surface area contributed by atoms with Crippen molar-refractivity contribution in [3.63, 3.8) is 0 Å². The molecule has 0 aliphatic rings. The van der Waals surface area contributed by atoms with Crippen LogP contribution in [0.5, 0.6) is 0 Å². The molecule has 1 rings (SSSR count). The summed E-state index contributed by atoms with van der Waals surface area (Å²) in [7, 11) is 3.88. The number of ether oxygens (including phenoxy) is 3. The lowest BCUT2D eigenvalue weighted by atomic mass is 10.1. The van der Waals surface area contributed by atoms with Crippen molar-refractivity contribution < 1.29 is 59.2 Å². The molecule has 3 unspecified atom stereocenters. The highest BCUT2D eigenvalue weighted by Gasteiger charge is 2.36. The molecule has 1 aromatic rings. The minimum absolute atomic E-state index is 0.124. The number of carbonyl (C=O) groups excluding carboxylic acids is 3. The fraction of sp³-hybridized carbons (Fsp3) is 0.625. The maximum atomic E-state index is 13.3. The highest BCUT2D eigenvalue weighted by atomic mass is 127. The molecule has 18 heteroatoms.